The molecule has 0 bridgehead atoms. The number of hydrogen-bond acceptors (Lipinski definition) is 8. The summed E-state index contributed by atoms with van der Waals surface area (Å²) in [6, 6.07) is 9.42. The quantitative estimate of drug-likeness (QED) is 0.326. The molecule has 0 spiro atoms. The van der Waals surface area contributed by atoms with Crippen molar-refractivity contribution < 1.29 is 33.3 Å². The normalized spacial score (nSPS) is 20.6. The van der Waals surface area contributed by atoms with Gasteiger partial charge in [-0.3, -0.25) is 14.6 Å². The third-order valence-electron chi connectivity index (χ3n) is 7.28. The molecule has 208 valence electrons. The van der Waals surface area contributed by atoms with Crippen molar-refractivity contribution in [3.05, 3.63) is 57.2 Å². The van der Waals surface area contributed by atoms with Crippen LogP contribution >= 0.6 is 15.9 Å². The molecule has 1 aliphatic carbocycles. The summed E-state index contributed by atoms with van der Waals surface area (Å²) in [6.07, 6.45) is 1.53. The van der Waals surface area contributed by atoms with Crippen molar-refractivity contribution in [3.8, 4) is 23.0 Å². The standard InChI is InChI=1S/C30H34BrNO7/c1-7-10-39-30(34)26-16(2)32-21-12-18(17-8-9-23(35-3)24(14-17)36-4)13-22(33)28(21)27(26)19-11-20(31)29(38-6)25(15-19)37-5/h8-9,11,14-15,18,26-27H,7,10,12-13H2,1-6H3/t18-,26?,27-/m0/s1. The number of esters is 1. The van der Waals surface area contributed by atoms with Crippen molar-refractivity contribution in [2.24, 2.45) is 10.9 Å². The number of aliphatic imine (C=N–C) groups is 1. The van der Waals surface area contributed by atoms with E-state index in [0.29, 0.717) is 63.9 Å². The topological polar surface area (TPSA) is 92.7 Å². The minimum Gasteiger partial charge on any atom is -0.493 e. The lowest BCUT2D eigenvalue weighted by Gasteiger charge is -2.36. The molecule has 0 saturated heterocycles. The van der Waals surface area contributed by atoms with Crippen molar-refractivity contribution in [1.82, 2.24) is 0 Å². The molecule has 0 fully saturated rings. The predicted octanol–water partition coefficient (Wildman–Crippen LogP) is 6.01. The van der Waals surface area contributed by atoms with Crippen LogP contribution in [0, 0.1) is 5.92 Å². The Morgan fingerprint density at radius 2 is 1.64 bits per heavy atom. The molecule has 0 aromatic heterocycles. The van der Waals surface area contributed by atoms with Gasteiger partial charge in [0.15, 0.2) is 28.8 Å². The number of methoxy groups -OCH3 is 4. The van der Waals surface area contributed by atoms with Gasteiger partial charge < -0.3 is 23.7 Å². The van der Waals surface area contributed by atoms with Gasteiger partial charge in [0.25, 0.3) is 0 Å². The highest BCUT2D eigenvalue weighted by Crippen LogP contribution is 2.49. The van der Waals surface area contributed by atoms with E-state index in [-0.39, 0.29) is 18.1 Å². The van der Waals surface area contributed by atoms with Gasteiger partial charge in [0.1, 0.15) is 5.92 Å². The first-order valence-corrected chi connectivity index (χ1v) is 13.7. The van der Waals surface area contributed by atoms with Gasteiger partial charge in [-0.05, 0) is 77.0 Å². The van der Waals surface area contributed by atoms with Crippen LogP contribution in [0.4, 0.5) is 0 Å². The van der Waals surface area contributed by atoms with Crippen molar-refractivity contribution in [3.63, 3.8) is 0 Å². The Bertz CT molecular complexity index is 1330. The maximum absolute atomic E-state index is 13.9. The molecule has 3 atom stereocenters. The largest absolute Gasteiger partial charge is 0.493 e. The fraction of sp³-hybridized carbons (Fsp3) is 0.433. The van der Waals surface area contributed by atoms with Gasteiger partial charge >= 0.3 is 5.97 Å². The molecule has 2 aromatic carbocycles. The van der Waals surface area contributed by atoms with Crippen LogP contribution in [0.15, 0.2) is 51.1 Å². The van der Waals surface area contributed by atoms with Crippen LogP contribution in [-0.2, 0) is 14.3 Å². The number of allylic oxidation sites excluding steroid dienone is 2. The van der Waals surface area contributed by atoms with E-state index < -0.39 is 17.8 Å². The number of halogens is 1. The van der Waals surface area contributed by atoms with E-state index in [0.717, 1.165) is 11.1 Å². The minimum atomic E-state index is -0.734. The second-order valence-electron chi connectivity index (χ2n) is 9.62. The molecule has 0 N–H and O–H groups in total. The van der Waals surface area contributed by atoms with Crippen molar-refractivity contribution in [1.29, 1.82) is 0 Å². The maximum Gasteiger partial charge on any atom is 0.315 e. The minimum absolute atomic E-state index is 0.0449. The number of ketones is 1. The highest BCUT2D eigenvalue weighted by Gasteiger charge is 2.45. The Balaban J connectivity index is 1.83. The van der Waals surface area contributed by atoms with Crippen molar-refractivity contribution in [2.75, 3.05) is 35.0 Å². The second-order valence-corrected chi connectivity index (χ2v) is 10.5. The van der Waals surface area contributed by atoms with Gasteiger partial charge in [-0.15, -0.1) is 0 Å². The summed E-state index contributed by atoms with van der Waals surface area (Å²) in [4.78, 5) is 32.1. The summed E-state index contributed by atoms with van der Waals surface area (Å²) in [5.41, 5.74) is 3.58. The van der Waals surface area contributed by atoms with E-state index in [1.807, 2.05) is 44.2 Å². The van der Waals surface area contributed by atoms with E-state index in [2.05, 4.69) is 15.9 Å². The molecular weight excluding hydrogens is 566 g/mol. The van der Waals surface area contributed by atoms with Crippen LogP contribution in [0.5, 0.6) is 23.0 Å². The smallest absolute Gasteiger partial charge is 0.315 e. The van der Waals surface area contributed by atoms with E-state index in [4.69, 9.17) is 28.7 Å². The second kappa shape index (κ2) is 12.2. The first-order valence-electron chi connectivity index (χ1n) is 12.9. The Morgan fingerprint density at radius 3 is 2.28 bits per heavy atom. The van der Waals surface area contributed by atoms with Gasteiger partial charge in [-0.25, -0.2) is 0 Å². The molecule has 0 amide bonds. The highest BCUT2D eigenvalue weighted by molar-refractivity contribution is 9.10. The molecule has 9 heteroatoms. The Morgan fingerprint density at radius 1 is 0.949 bits per heavy atom. The molecule has 1 heterocycles. The summed E-state index contributed by atoms with van der Waals surface area (Å²) in [6.45, 7) is 4.07. The average molecular weight is 601 g/mol. The first-order chi connectivity index (χ1) is 18.8. The fourth-order valence-electron chi connectivity index (χ4n) is 5.48. The van der Waals surface area contributed by atoms with E-state index in [1.54, 1.807) is 28.4 Å². The van der Waals surface area contributed by atoms with Crippen LogP contribution in [-0.4, -0.2) is 52.5 Å². The lowest BCUT2D eigenvalue weighted by molar-refractivity contribution is -0.146. The number of nitrogens with zero attached hydrogens (tertiary/aromatic N) is 1. The molecule has 2 aromatic rings. The van der Waals surface area contributed by atoms with Gasteiger partial charge in [0, 0.05) is 29.3 Å². The Hall–Kier alpha value is -3.33. The maximum atomic E-state index is 13.9. The number of hydrogen-bond donors (Lipinski definition) is 0. The molecule has 0 radical (unpaired) electrons. The molecule has 39 heavy (non-hydrogen) atoms. The fourth-order valence-corrected chi connectivity index (χ4v) is 6.10. The molecule has 1 unspecified atom stereocenters. The van der Waals surface area contributed by atoms with Gasteiger partial charge in [0.2, 0.25) is 0 Å². The van der Waals surface area contributed by atoms with Gasteiger partial charge in [-0.2, -0.15) is 0 Å². The molecule has 2 aliphatic rings. The SMILES string of the molecule is CCCOC(=O)C1C(C)=NC2=C(C(=O)C[C@@H](c3ccc(OC)c(OC)c3)C2)[C@H]1c1cc(Br)c(OC)c(OC)c1. The number of benzene rings is 2. The zero-order valence-electron chi connectivity index (χ0n) is 23.1. The first kappa shape index (κ1) is 28.7. The van der Waals surface area contributed by atoms with Gasteiger partial charge in [-0.1, -0.05) is 13.0 Å². The third kappa shape index (κ3) is 5.55. The number of carbonyl (C=O) groups is 2. The summed E-state index contributed by atoms with van der Waals surface area (Å²) >= 11 is 3.57. The Labute approximate surface area is 237 Å². The van der Waals surface area contributed by atoms with Crippen LogP contribution in [0.1, 0.15) is 56.1 Å². The van der Waals surface area contributed by atoms with Crippen LogP contribution in [0.2, 0.25) is 0 Å². The van der Waals surface area contributed by atoms with E-state index >= 15 is 0 Å². The molecule has 1 aliphatic heterocycles. The Kier molecular flexibility index (Phi) is 9.00. The highest BCUT2D eigenvalue weighted by atomic mass is 79.9. The number of rotatable bonds is 9. The summed E-state index contributed by atoms with van der Waals surface area (Å²) in [7, 11) is 6.29. The molecule has 8 nitrogen and oxygen atoms in total. The lowest BCUT2D eigenvalue weighted by atomic mass is 9.69. The summed E-state index contributed by atoms with van der Waals surface area (Å²) in [5, 5.41) is 0. The zero-order valence-corrected chi connectivity index (χ0v) is 24.7. The third-order valence-corrected chi connectivity index (χ3v) is 7.87. The van der Waals surface area contributed by atoms with Crippen molar-refractivity contribution in [2.45, 2.75) is 44.9 Å². The van der Waals surface area contributed by atoms with Gasteiger partial charge in [0.05, 0.1) is 39.5 Å². The summed E-state index contributed by atoms with van der Waals surface area (Å²) < 4.78 is 28.2. The van der Waals surface area contributed by atoms with Crippen LogP contribution in [0.25, 0.3) is 0 Å². The lowest BCUT2D eigenvalue weighted by Crippen LogP contribution is -2.38. The van der Waals surface area contributed by atoms with E-state index in [9.17, 15) is 9.59 Å². The zero-order chi connectivity index (χ0) is 28.3. The predicted molar refractivity (Wildman–Crippen MR) is 151 cm³/mol. The molecule has 0 saturated carbocycles. The summed E-state index contributed by atoms with van der Waals surface area (Å²) in [5.74, 6) is 0.431. The van der Waals surface area contributed by atoms with E-state index in [1.165, 1.54) is 0 Å². The van der Waals surface area contributed by atoms with Crippen LogP contribution in [0.3, 0.4) is 0 Å². The number of Topliss-reactive ketones (excluding diaryl/α,β-unsaturated/α-hetero) is 1. The molecular formula is C30H34BrNO7. The average Bonchev–Trinajstić information content (AvgIpc) is 2.93. The number of ether oxygens (including phenoxy) is 5. The van der Waals surface area contributed by atoms with Crippen molar-refractivity contribution >= 4 is 33.4 Å². The molecule has 4 rings (SSSR count). The monoisotopic (exact) mass is 599 g/mol. The number of carbonyl (C=O) groups excluding carboxylic acids is 2. The van der Waals surface area contributed by atoms with Crippen LogP contribution < -0.4 is 18.9 Å².